The van der Waals surface area contributed by atoms with E-state index < -0.39 is 0 Å². The van der Waals surface area contributed by atoms with Crippen LogP contribution in [0.15, 0.2) is 53.9 Å². The maximum Gasteiger partial charge on any atom is 0.233 e. The van der Waals surface area contributed by atoms with Gasteiger partial charge in [0, 0.05) is 23.2 Å². The molecule has 0 bridgehead atoms. The van der Waals surface area contributed by atoms with Crippen molar-refractivity contribution in [2.24, 2.45) is 0 Å². The van der Waals surface area contributed by atoms with Crippen molar-refractivity contribution >= 4 is 34.5 Å². The zero-order valence-corrected chi connectivity index (χ0v) is 15.8. The number of carbonyl (C=O) groups is 1. The summed E-state index contributed by atoms with van der Waals surface area (Å²) in [6, 6.07) is 15.6. The molecule has 0 fully saturated rings. The van der Waals surface area contributed by atoms with Gasteiger partial charge in [0.25, 0.3) is 0 Å². The van der Waals surface area contributed by atoms with E-state index in [4.69, 9.17) is 11.6 Å². The van der Waals surface area contributed by atoms with Gasteiger partial charge in [-0.05, 0) is 37.6 Å². The van der Waals surface area contributed by atoms with Crippen molar-refractivity contribution < 1.29 is 4.79 Å². The Morgan fingerprint density at radius 1 is 1.20 bits per heavy atom. The van der Waals surface area contributed by atoms with Crippen LogP contribution in [0, 0.1) is 6.92 Å². The van der Waals surface area contributed by atoms with E-state index in [1.165, 1.54) is 11.3 Å². The number of amides is 1. The number of hydrogen-bond donors (Lipinski definition) is 0. The quantitative estimate of drug-likeness (QED) is 0.605. The predicted octanol–water partition coefficient (Wildman–Crippen LogP) is 5.37. The third-order valence-electron chi connectivity index (χ3n) is 3.92. The van der Waals surface area contributed by atoms with Gasteiger partial charge in [0.15, 0.2) is 0 Å². The second-order valence-electron chi connectivity index (χ2n) is 5.78. The molecule has 0 radical (unpaired) electrons. The topological polar surface area (TPSA) is 33.2 Å². The van der Waals surface area contributed by atoms with Crippen LogP contribution in [0.1, 0.15) is 18.2 Å². The Morgan fingerprint density at radius 2 is 2.00 bits per heavy atom. The lowest BCUT2D eigenvalue weighted by Crippen LogP contribution is -2.32. The minimum Gasteiger partial charge on any atom is -0.312 e. The van der Waals surface area contributed by atoms with Crippen molar-refractivity contribution in [3.8, 4) is 10.6 Å². The maximum atomic E-state index is 12.7. The number of anilines is 1. The predicted molar refractivity (Wildman–Crippen MR) is 105 cm³/mol. The first kappa shape index (κ1) is 17.6. The first-order valence-electron chi connectivity index (χ1n) is 8.15. The molecule has 0 aliphatic heterocycles. The molecule has 1 heterocycles. The molecule has 0 unspecified atom stereocenters. The fourth-order valence-electron chi connectivity index (χ4n) is 2.70. The lowest BCUT2D eigenvalue weighted by Gasteiger charge is -2.21. The van der Waals surface area contributed by atoms with Crippen LogP contribution in [-0.2, 0) is 11.2 Å². The molecule has 0 N–H and O–H groups in total. The fourth-order valence-corrected chi connectivity index (χ4v) is 3.84. The van der Waals surface area contributed by atoms with Gasteiger partial charge >= 0.3 is 0 Å². The van der Waals surface area contributed by atoms with Crippen LogP contribution < -0.4 is 4.90 Å². The molecule has 25 heavy (non-hydrogen) atoms. The molecule has 3 aromatic rings. The molecule has 0 aliphatic carbocycles. The molecule has 0 atom stereocenters. The van der Waals surface area contributed by atoms with Gasteiger partial charge in [-0.25, -0.2) is 4.98 Å². The Morgan fingerprint density at radius 3 is 2.72 bits per heavy atom. The van der Waals surface area contributed by atoms with Crippen LogP contribution in [0.4, 0.5) is 5.69 Å². The lowest BCUT2D eigenvalue weighted by atomic mass is 10.2. The highest BCUT2D eigenvalue weighted by Crippen LogP contribution is 2.30. The molecule has 3 nitrogen and oxygen atoms in total. The summed E-state index contributed by atoms with van der Waals surface area (Å²) in [6.07, 6.45) is 0.280. The van der Waals surface area contributed by atoms with E-state index in [1.54, 1.807) is 4.90 Å². The van der Waals surface area contributed by atoms with Crippen molar-refractivity contribution in [2.75, 3.05) is 11.4 Å². The standard InChI is InChI=1S/C20H19ClN2OS/c1-3-23(16-8-6-7-14(2)11-16)19(24)12-15-13-25-20(22-15)17-9-4-5-10-18(17)21/h4-11,13H,3,12H2,1-2H3. The molecule has 1 aromatic heterocycles. The van der Waals surface area contributed by atoms with Gasteiger partial charge in [-0.2, -0.15) is 0 Å². The zero-order valence-electron chi connectivity index (χ0n) is 14.2. The second kappa shape index (κ2) is 7.81. The molecule has 3 rings (SSSR count). The van der Waals surface area contributed by atoms with Crippen molar-refractivity contribution in [2.45, 2.75) is 20.3 Å². The summed E-state index contributed by atoms with van der Waals surface area (Å²) in [6.45, 7) is 4.64. The summed E-state index contributed by atoms with van der Waals surface area (Å²) in [5.74, 6) is 0.0455. The second-order valence-corrected chi connectivity index (χ2v) is 7.04. The number of rotatable bonds is 5. The largest absolute Gasteiger partial charge is 0.312 e. The highest BCUT2D eigenvalue weighted by atomic mass is 35.5. The van der Waals surface area contributed by atoms with Gasteiger partial charge in [-0.15, -0.1) is 11.3 Å². The van der Waals surface area contributed by atoms with Crippen molar-refractivity contribution in [3.05, 3.63) is 70.2 Å². The zero-order chi connectivity index (χ0) is 17.8. The van der Waals surface area contributed by atoms with Crippen molar-refractivity contribution in [1.82, 2.24) is 4.98 Å². The Hall–Kier alpha value is -2.17. The van der Waals surface area contributed by atoms with Crippen LogP contribution >= 0.6 is 22.9 Å². The maximum absolute atomic E-state index is 12.7. The molecule has 2 aromatic carbocycles. The van der Waals surface area contributed by atoms with E-state index in [0.29, 0.717) is 11.6 Å². The SMILES string of the molecule is CCN(C(=O)Cc1csc(-c2ccccc2Cl)n1)c1cccc(C)c1. The summed E-state index contributed by atoms with van der Waals surface area (Å²) < 4.78 is 0. The Bertz CT molecular complexity index is 891. The number of nitrogens with zero attached hydrogens (tertiary/aromatic N) is 2. The highest BCUT2D eigenvalue weighted by molar-refractivity contribution is 7.13. The molecule has 1 amide bonds. The van der Waals surface area contributed by atoms with E-state index in [1.807, 2.05) is 67.8 Å². The van der Waals surface area contributed by atoms with Crippen LogP contribution in [0.3, 0.4) is 0 Å². The molecule has 0 spiro atoms. The van der Waals surface area contributed by atoms with E-state index in [0.717, 1.165) is 27.5 Å². The molecule has 5 heteroatoms. The molecule has 0 aliphatic rings. The average Bonchev–Trinajstić information content (AvgIpc) is 3.04. The minimum absolute atomic E-state index is 0.0455. The molecular formula is C20H19ClN2OS. The third-order valence-corrected chi connectivity index (χ3v) is 5.17. The minimum atomic E-state index is 0.0455. The summed E-state index contributed by atoms with van der Waals surface area (Å²) in [5.41, 5.74) is 3.74. The number of carbonyl (C=O) groups excluding carboxylic acids is 1. The van der Waals surface area contributed by atoms with Gasteiger partial charge in [0.05, 0.1) is 17.1 Å². The molecule has 128 valence electrons. The number of aryl methyl sites for hydroxylation is 1. The Labute approximate surface area is 156 Å². The number of halogens is 1. The summed E-state index contributed by atoms with van der Waals surface area (Å²) >= 11 is 7.74. The van der Waals surface area contributed by atoms with Crippen LogP contribution in [-0.4, -0.2) is 17.4 Å². The first-order chi connectivity index (χ1) is 12.1. The first-order valence-corrected chi connectivity index (χ1v) is 9.40. The number of hydrogen-bond acceptors (Lipinski definition) is 3. The summed E-state index contributed by atoms with van der Waals surface area (Å²) in [4.78, 5) is 19.1. The van der Waals surface area contributed by atoms with Crippen molar-refractivity contribution in [1.29, 1.82) is 0 Å². The van der Waals surface area contributed by atoms with E-state index in [9.17, 15) is 4.79 Å². The van der Waals surface area contributed by atoms with E-state index in [-0.39, 0.29) is 12.3 Å². The summed E-state index contributed by atoms with van der Waals surface area (Å²) in [5, 5.41) is 3.44. The monoisotopic (exact) mass is 370 g/mol. The fraction of sp³-hybridized carbons (Fsp3) is 0.200. The Balaban J connectivity index is 1.78. The van der Waals surface area contributed by atoms with Crippen molar-refractivity contribution in [3.63, 3.8) is 0 Å². The van der Waals surface area contributed by atoms with Crippen LogP contribution in [0.25, 0.3) is 10.6 Å². The number of thiazole rings is 1. The third kappa shape index (κ3) is 4.09. The van der Waals surface area contributed by atoms with Crippen LogP contribution in [0.2, 0.25) is 5.02 Å². The smallest absolute Gasteiger partial charge is 0.233 e. The van der Waals surface area contributed by atoms with E-state index in [2.05, 4.69) is 4.98 Å². The molecule has 0 saturated heterocycles. The number of benzene rings is 2. The number of likely N-dealkylation sites (N-methyl/N-ethyl adjacent to an activating group) is 1. The normalized spacial score (nSPS) is 10.7. The number of aromatic nitrogens is 1. The Kier molecular flexibility index (Phi) is 5.51. The van der Waals surface area contributed by atoms with Gasteiger partial charge < -0.3 is 4.90 Å². The average molecular weight is 371 g/mol. The highest BCUT2D eigenvalue weighted by Gasteiger charge is 2.17. The van der Waals surface area contributed by atoms with Gasteiger partial charge in [0.2, 0.25) is 5.91 Å². The molecular weight excluding hydrogens is 352 g/mol. The van der Waals surface area contributed by atoms with E-state index >= 15 is 0 Å². The van der Waals surface area contributed by atoms with Gasteiger partial charge in [0.1, 0.15) is 5.01 Å². The lowest BCUT2D eigenvalue weighted by molar-refractivity contribution is -0.118. The van der Waals surface area contributed by atoms with Gasteiger partial charge in [-0.1, -0.05) is 41.9 Å². The van der Waals surface area contributed by atoms with Gasteiger partial charge in [-0.3, -0.25) is 4.79 Å². The summed E-state index contributed by atoms with van der Waals surface area (Å²) in [7, 11) is 0. The molecule has 0 saturated carbocycles. The van der Waals surface area contributed by atoms with Crippen LogP contribution in [0.5, 0.6) is 0 Å².